The van der Waals surface area contributed by atoms with Gasteiger partial charge in [-0.1, -0.05) is 35.9 Å². The van der Waals surface area contributed by atoms with Crippen LogP contribution in [-0.4, -0.2) is 36.8 Å². The molecule has 0 spiro atoms. The summed E-state index contributed by atoms with van der Waals surface area (Å²) in [6.07, 6.45) is 2.29. The first-order valence-corrected chi connectivity index (χ1v) is 14.0. The topological polar surface area (TPSA) is 62.2 Å². The van der Waals surface area contributed by atoms with E-state index in [9.17, 15) is 4.79 Å². The first kappa shape index (κ1) is 27.9. The number of ether oxygens (including phenoxy) is 4. The van der Waals surface area contributed by atoms with Gasteiger partial charge in [-0.15, -0.1) is 0 Å². The van der Waals surface area contributed by atoms with Crippen LogP contribution in [0, 0.1) is 0 Å². The predicted octanol–water partition coefficient (Wildman–Crippen LogP) is 6.45. The fraction of sp³-hybridized carbons (Fsp3) is 0.344. The average Bonchev–Trinajstić information content (AvgIpc) is 3.51. The smallest absolute Gasteiger partial charge is 0.195 e. The highest BCUT2D eigenvalue weighted by Gasteiger charge is 2.22. The number of nitrogens with zero attached hydrogens (tertiary/aromatic N) is 2. The van der Waals surface area contributed by atoms with Gasteiger partial charge in [0.25, 0.3) is 0 Å². The first-order chi connectivity index (χ1) is 19.5. The molecule has 0 N–H and O–H groups in total. The first-order valence-electron chi connectivity index (χ1n) is 13.6. The van der Waals surface area contributed by atoms with Crippen LogP contribution in [-0.2, 0) is 26.3 Å². The number of methoxy groups -OCH3 is 2. The van der Waals surface area contributed by atoms with Crippen LogP contribution in [0.1, 0.15) is 36.5 Å². The summed E-state index contributed by atoms with van der Waals surface area (Å²) < 4.78 is 25.1. The Kier molecular flexibility index (Phi) is 8.82. The number of rotatable bonds is 11. The maximum Gasteiger partial charge on any atom is 0.195 e. The molecule has 7 nitrogen and oxygen atoms in total. The molecule has 1 aliphatic heterocycles. The molecule has 0 atom stereocenters. The zero-order valence-corrected chi connectivity index (χ0v) is 24.0. The van der Waals surface area contributed by atoms with Gasteiger partial charge in [0.05, 0.1) is 25.1 Å². The van der Waals surface area contributed by atoms with E-state index >= 15 is 0 Å². The molecule has 0 radical (unpaired) electrons. The highest BCUT2D eigenvalue weighted by molar-refractivity contribution is 6.30. The molecule has 1 aliphatic rings. The average molecular weight is 563 g/mol. The largest absolute Gasteiger partial charge is 0.497 e. The van der Waals surface area contributed by atoms with Crippen molar-refractivity contribution in [2.75, 3.05) is 27.3 Å². The lowest BCUT2D eigenvalue weighted by Gasteiger charge is -2.21. The predicted molar refractivity (Wildman–Crippen MR) is 158 cm³/mol. The molecule has 1 saturated heterocycles. The number of fused-ring (bicyclic) bond motifs is 1. The lowest BCUT2D eigenvalue weighted by Crippen LogP contribution is -2.25. The highest BCUT2D eigenvalue weighted by atomic mass is 35.5. The van der Waals surface area contributed by atoms with Crippen molar-refractivity contribution >= 4 is 22.5 Å². The zero-order valence-electron chi connectivity index (χ0n) is 23.2. The van der Waals surface area contributed by atoms with Crippen molar-refractivity contribution in [1.29, 1.82) is 0 Å². The van der Waals surface area contributed by atoms with Crippen LogP contribution in [0.25, 0.3) is 10.9 Å². The summed E-state index contributed by atoms with van der Waals surface area (Å²) in [6, 6.07) is 19.1. The van der Waals surface area contributed by atoms with Gasteiger partial charge in [-0.25, -0.2) is 0 Å². The van der Waals surface area contributed by atoms with Crippen LogP contribution in [0.4, 0.5) is 0 Å². The number of aryl methyl sites for hydroxylation is 1. The van der Waals surface area contributed by atoms with Crippen molar-refractivity contribution in [3.63, 3.8) is 0 Å². The van der Waals surface area contributed by atoms with Crippen LogP contribution in [0.5, 0.6) is 23.0 Å². The molecule has 0 unspecified atom stereocenters. The molecular weight excluding hydrogens is 528 g/mol. The maximum absolute atomic E-state index is 13.8. The molecule has 1 aromatic heterocycles. The normalized spacial score (nSPS) is 13.5. The molecule has 40 heavy (non-hydrogen) atoms. The van der Waals surface area contributed by atoms with E-state index in [1.165, 1.54) is 0 Å². The van der Waals surface area contributed by atoms with Crippen molar-refractivity contribution < 1.29 is 18.9 Å². The Balaban J connectivity index is 1.53. The van der Waals surface area contributed by atoms with Crippen molar-refractivity contribution in [2.45, 2.75) is 46.1 Å². The third kappa shape index (κ3) is 6.06. The van der Waals surface area contributed by atoms with E-state index in [1.54, 1.807) is 20.3 Å². The summed E-state index contributed by atoms with van der Waals surface area (Å²) in [4.78, 5) is 16.1. The van der Waals surface area contributed by atoms with Crippen molar-refractivity contribution in [1.82, 2.24) is 9.47 Å². The molecule has 0 saturated carbocycles. The minimum atomic E-state index is -0.0624. The molecule has 5 rings (SSSR count). The van der Waals surface area contributed by atoms with Crippen molar-refractivity contribution in [3.05, 3.63) is 92.7 Å². The lowest BCUT2D eigenvalue weighted by atomic mass is 10.1. The van der Waals surface area contributed by atoms with Gasteiger partial charge in [0.1, 0.15) is 29.9 Å². The number of likely N-dealkylation sites (tertiary alicyclic amines) is 1. The Morgan fingerprint density at radius 1 is 0.800 bits per heavy atom. The molecule has 8 heteroatoms. The zero-order chi connectivity index (χ0) is 28.1. The van der Waals surface area contributed by atoms with Gasteiger partial charge in [-0.3, -0.25) is 9.69 Å². The van der Waals surface area contributed by atoms with Gasteiger partial charge in [-0.2, -0.15) is 0 Å². The molecule has 4 aromatic rings. The standard InChI is InChI=1S/C32H35ClN2O5/c1-4-35-28-18-30(40-21-23-9-13-25(38-3)14-10-23)29(39-20-22-7-11-24(37-2)12-8-22)17-26(28)31(36)27(32(35)33)19-34-15-5-6-16-34/h7-14,17-18H,4-6,15-16,19-21H2,1-3H3. The Morgan fingerprint density at radius 2 is 1.32 bits per heavy atom. The summed E-state index contributed by atoms with van der Waals surface area (Å²) in [5.74, 6) is 2.61. The monoisotopic (exact) mass is 562 g/mol. The molecular formula is C32H35ClN2O5. The van der Waals surface area contributed by atoms with Gasteiger partial charge < -0.3 is 23.5 Å². The Bertz CT molecular complexity index is 1510. The van der Waals surface area contributed by atoms with Gasteiger partial charge in [0.2, 0.25) is 0 Å². The molecule has 3 aromatic carbocycles. The molecule has 210 valence electrons. The summed E-state index contributed by atoms with van der Waals surface area (Å²) >= 11 is 6.87. The van der Waals surface area contributed by atoms with Gasteiger partial charge >= 0.3 is 0 Å². The number of hydrogen-bond acceptors (Lipinski definition) is 6. The fourth-order valence-electron chi connectivity index (χ4n) is 5.08. The van der Waals surface area contributed by atoms with E-state index in [4.69, 9.17) is 30.5 Å². The van der Waals surface area contributed by atoms with E-state index in [0.717, 1.165) is 54.1 Å². The SMILES string of the molecule is CCn1c(Cl)c(CN2CCCC2)c(=O)c2cc(OCc3ccc(OC)cc3)c(OCc3ccc(OC)cc3)cc21. The van der Waals surface area contributed by atoms with E-state index in [-0.39, 0.29) is 5.43 Å². The minimum Gasteiger partial charge on any atom is -0.497 e. The van der Waals surface area contributed by atoms with Crippen LogP contribution >= 0.6 is 11.6 Å². The molecule has 1 fully saturated rings. The van der Waals surface area contributed by atoms with Crippen molar-refractivity contribution in [3.8, 4) is 23.0 Å². The summed E-state index contributed by atoms with van der Waals surface area (Å²) in [5.41, 5.74) is 3.25. The molecule has 0 amide bonds. The van der Waals surface area contributed by atoms with E-state index < -0.39 is 0 Å². The van der Waals surface area contributed by atoms with Crippen LogP contribution in [0.3, 0.4) is 0 Å². The third-order valence-electron chi connectivity index (χ3n) is 7.36. The van der Waals surface area contributed by atoms with Crippen LogP contribution < -0.4 is 24.4 Å². The minimum absolute atomic E-state index is 0.0624. The summed E-state index contributed by atoms with van der Waals surface area (Å²) in [7, 11) is 3.28. The van der Waals surface area contributed by atoms with E-state index in [2.05, 4.69) is 4.90 Å². The Labute approximate surface area is 239 Å². The number of pyridine rings is 1. The summed E-state index contributed by atoms with van der Waals surface area (Å²) in [5, 5.41) is 1.06. The van der Waals surface area contributed by atoms with Gasteiger partial charge in [0.15, 0.2) is 16.9 Å². The number of hydrogen-bond donors (Lipinski definition) is 0. The number of halogens is 1. The van der Waals surface area contributed by atoms with Gasteiger partial charge in [0, 0.05) is 24.7 Å². The second-order valence-electron chi connectivity index (χ2n) is 9.92. The quantitative estimate of drug-likeness (QED) is 0.196. The second kappa shape index (κ2) is 12.7. The van der Waals surface area contributed by atoms with Gasteiger partial charge in [-0.05, 0) is 74.3 Å². The molecule has 2 heterocycles. The Morgan fingerprint density at radius 3 is 1.82 bits per heavy atom. The van der Waals surface area contributed by atoms with Crippen molar-refractivity contribution in [2.24, 2.45) is 0 Å². The maximum atomic E-state index is 13.8. The molecule has 0 bridgehead atoms. The number of benzene rings is 3. The number of aromatic nitrogens is 1. The lowest BCUT2D eigenvalue weighted by molar-refractivity contribution is 0.256. The third-order valence-corrected chi connectivity index (χ3v) is 7.79. The highest BCUT2D eigenvalue weighted by Crippen LogP contribution is 2.35. The van der Waals surface area contributed by atoms with E-state index in [0.29, 0.717) is 53.9 Å². The Hall–Kier alpha value is -3.68. The molecule has 0 aliphatic carbocycles. The van der Waals surface area contributed by atoms with E-state index in [1.807, 2.05) is 66.1 Å². The summed E-state index contributed by atoms with van der Waals surface area (Å²) in [6.45, 7) is 5.79. The second-order valence-corrected chi connectivity index (χ2v) is 10.3. The fourth-order valence-corrected chi connectivity index (χ4v) is 5.44. The van der Waals surface area contributed by atoms with Crippen LogP contribution in [0.15, 0.2) is 65.5 Å². The van der Waals surface area contributed by atoms with Crippen LogP contribution in [0.2, 0.25) is 5.15 Å².